The summed E-state index contributed by atoms with van der Waals surface area (Å²) in [5.74, 6) is 0.256. The van der Waals surface area contributed by atoms with E-state index in [0.717, 1.165) is 5.33 Å². The molecule has 15 rings (SSSR count). The van der Waals surface area contributed by atoms with E-state index in [-0.39, 0.29) is 146 Å². The smallest absolute Gasteiger partial charge is 0.280 e. The molecule has 142 heavy (non-hydrogen) atoms. The van der Waals surface area contributed by atoms with E-state index in [9.17, 15) is 24.9 Å². The van der Waals surface area contributed by atoms with Gasteiger partial charge in [0.15, 0.2) is 87.1 Å². The third kappa shape index (κ3) is 30.9. The van der Waals surface area contributed by atoms with Gasteiger partial charge in [-0.3, -0.25) is 42.4 Å². The number of hydrogen-bond donors (Lipinski definition) is 12. The quantitative estimate of drug-likeness (QED) is 0.00748. The van der Waals surface area contributed by atoms with Crippen LogP contribution in [0.15, 0.2) is 91.8 Å². The second kappa shape index (κ2) is 51.3. The number of nitrogens with zero attached hydrogens (tertiary/aromatic N) is 19. The summed E-state index contributed by atoms with van der Waals surface area (Å²) < 4.78 is 75.0. The number of allylic oxidation sites excluding steroid dienone is 1. The zero-order valence-electron chi connectivity index (χ0n) is 84.3. The van der Waals surface area contributed by atoms with E-state index in [1.807, 2.05) is 4.57 Å². The molecule has 0 amide bonds. The minimum atomic E-state index is -1.93. The van der Waals surface area contributed by atoms with Crippen molar-refractivity contribution in [3.05, 3.63) is 118 Å². The molecule has 5 aliphatic rings. The van der Waals surface area contributed by atoms with Crippen LogP contribution in [0.4, 0.5) is 29.7 Å². The van der Waals surface area contributed by atoms with E-state index in [1.165, 1.54) is 12.7 Å². The van der Waals surface area contributed by atoms with Crippen molar-refractivity contribution in [2.45, 2.75) is 286 Å². The van der Waals surface area contributed by atoms with E-state index < -0.39 is 87.1 Å². The first-order valence-electron chi connectivity index (χ1n) is 46.1. The maximum absolute atomic E-state index is 12.1. The summed E-state index contributed by atoms with van der Waals surface area (Å²) in [5.41, 5.74) is 31.5. The van der Waals surface area contributed by atoms with Gasteiger partial charge in [0.05, 0.1) is 134 Å². The Kier molecular flexibility index (Phi) is 43.0. The van der Waals surface area contributed by atoms with Crippen LogP contribution < -0.4 is 39.8 Å². The number of ether oxygens (including phenoxy) is 8. The first-order valence-corrected chi connectivity index (χ1v) is 61.1. The number of fused-ring (bicyclic) bond motifs is 5. The lowest BCUT2D eigenvalue weighted by Gasteiger charge is -2.37. The van der Waals surface area contributed by atoms with Gasteiger partial charge in [0.25, 0.3) is 11.1 Å². The van der Waals surface area contributed by atoms with Gasteiger partial charge in [-0.2, -0.15) is 56.2 Å². The Bertz CT molecular complexity index is 5980. The zero-order valence-corrected chi connectivity index (χ0v) is 92.9. The number of anilines is 5. The number of imidazole rings is 5. The number of aromatic nitrogens is 20. The van der Waals surface area contributed by atoms with Gasteiger partial charge in [0.2, 0.25) is 29.7 Å². The highest BCUT2D eigenvalue weighted by Gasteiger charge is 2.47. The van der Waals surface area contributed by atoms with Crippen LogP contribution in [0, 0.1) is 11.3 Å². The number of H-pyrrole nitrogens is 2. The second-order valence-electron chi connectivity index (χ2n) is 40.0. The van der Waals surface area contributed by atoms with Gasteiger partial charge in [-0.05, 0) is 59.4 Å². The van der Waals surface area contributed by atoms with Crippen LogP contribution in [-0.4, -0.2) is 281 Å². The molecule has 0 saturated carbocycles. The molecule has 5 saturated heterocycles. The van der Waals surface area contributed by atoms with Crippen molar-refractivity contribution in [3.8, 4) is 6.07 Å². The summed E-state index contributed by atoms with van der Waals surface area (Å²) in [7, 11) is -7.14. The lowest BCUT2D eigenvalue weighted by atomic mass is 10.2. The first-order chi connectivity index (χ1) is 66.4. The summed E-state index contributed by atoms with van der Waals surface area (Å²) >= 11 is 27.4. The van der Waals surface area contributed by atoms with Crippen molar-refractivity contribution in [2.24, 2.45) is 0 Å². The third-order valence-corrected chi connectivity index (χ3v) is 45.6. The molecule has 5 aliphatic heterocycles. The molecule has 5 unspecified atom stereocenters. The monoisotopic (exact) mass is 2190 g/mol. The number of nitrogen functional groups attached to an aromatic ring is 5. The number of aliphatic hydroxyl groups is 5. The number of halogens is 5. The van der Waals surface area contributed by atoms with Crippen LogP contribution in [0.3, 0.4) is 0 Å². The van der Waals surface area contributed by atoms with E-state index in [0.29, 0.717) is 122 Å². The summed E-state index contributed by atoms with van der Waals surface area (Å²) in [5, 5.41) is 56.3. The Morgan fingerprint density at radius 3 is 0.965 bits per heavy atom. The van der Waals surface area contributed by atoms with Gasteiger partial charge >= 0.3 is 0 Å². The molecule has 0 spiro atoms. The van der Waals surface area contributed by atoms with Crippen molar-refractivity contribution in [1.82, 2.24) is 97.6 Å². The number of aromatic amines is 2. The molecule has 0 aromatic carbocycles. The minimum absolute atomic E-state index is 0.00964. The Balaban J connectivity index is 0.000000209. The average molecular weight is 2200 g/mol. The molecule has 10 aromatic heterocycles. The fourth-order valence-electron chi connectivity index (χ4n) is 13.5. The molecular formula is C89H141BrCl4N26O18Si4. The fraction of sp³-hybridized carbons (Fsp3) is 0.618. The van der Waals surface area contributed by atoms with Crippen LogP contribution in [0.2, 0.25) is 88.0 Å². The molecule has 15 heterocycles. The maximum atomic E-state index is 12.1. The zero-order chi connectivity index (χ0) is 106. The molecule has 0 radical (unpaired) electrons. The summed E-state index contributed by atoms with van der Waals surface area (Å²) in [4.78, 5) is 82.2. The molecule has 15 atom stereocenters. The summed E-state index contributed by atoms with van der Waals surface area (Å²) in [6.07, 6.45) is 11.5. The number of nitrogens with one attached hydrogen (secondary N) is 2. The molecular weight excluding hydrogens is 2060 g/mol. The Morgan fingerprint density at radius 1 is 0.444 bits per heavy atom. The van der Waals surface area contributed by atoms with Crippen molar-refractivity contribution in [3.63, 3.8) is 0 Å². The Labute approximate surface area is 857 Å². The Morgan fingerprint density at radius 2 is 0.704 bits per heavy atom. The van der Waals surface area contributed by atoms with Gasteiger partial charge in [0.1, 0.15) is 78.2 Å². The van der Waals surface area contributed by atoms with Crippen molar-refractivity contribution < 1.29 is 76.7 Å². The highest BCUT2D eigenvalue weighted by Crippen LogP contribution is 2.45. The summed E-state index contributed by atoms with van der Waals surface area (Å²) in [6.45, 7) is 60.6. The molecule has 53 heteroatoms. The molecule has 0 aliphatic carbocycles. The van der Waals surface area contributed by atoms with Crippen LogP contribution in [0.25, 0.3) is 55.8 Å². The van der Waals surface area contributed by atoms with Gasteiger partial charge in [-0.1, -0.05) is 171 Å². The van der Waals surface area contributed by atoms with Crippen molar-refractivity contribution in [2.75, 3.05) is 93.5 Å². The maximum Gasteiger partial charge on any atom is 0.280 e. The SMILES string of the molecule is C=CCBr.C=CCOC1C[C@H](n2cnc3c(=O)[nH]c(N)nc32)O[C@@H]1CO.C=CCOC1C[C@H](n2cnc3c(=O)[nH]c(N)nc32)O[C@@H]1CO[Si](C)(C)C(C)(C)C.C=CCOC1C[C@H](n2cnc3c(Cl)nc(N)nc32)O[C@@H]1CO[Si](C)(C)C(C)(C)C.CC(C)(C)[Si](C)(C)Cl.CC(C)(C)[Si](C)(C)OC[C@H]1O[C@@H](n2cnc3c(Cl)nc(N)nc32)CC1O.N#CCCO.Nc1nc(Cl)c2ncn([C@H]3CC(O)[C@@H](CO)O3)c2n1. The van der Waals surface area contributed by atoms with Gasteiger partial charge in [0, 0.05) is 37.4 Å². The minimum Gasteiger partial charge on any atom is -0.414 e. The molecule has 786 valence electrons. The number of nitrogens with two attached hydrogens (primary N) is 5. The third-order valence-electron chi connectivity index (χ3n) is 25.6. The second-order valence-corrected chi connectivity index (χ2v) is 63.4. The van der Waals surface area contributed by atoms with Crippen molar-refractivity contribution in [1.29, 1.82) is 5.26 Å². The van der Waals surface area contributed by atoms with E-state index in [4.69, 9.17) is 141 Å². The van der Waals surface area contributed by atoms with Gasteiger partial charge in [-0.15, -0.1) is 26.3 Å². The van der Waals surface area contributed by atoms with E-state index >= 15 is 0 Å². The number of rotatable bonds is 27. The normalized spacial score (nSPS) is 22.6. The lowest BCUT2D eigenvalue weighted by molar-refractivity contribution is -0.0561. The van der Waals surface area contributed by atoms with Gasteiger partial charge < -0.3 is 105 Å². The predicted molar refractivity (Wildman–Crippen MR) is 562 cm³/mol. The number of alkyl halides is 1. The topological polar surface area (TPSA) is 615 Å². The fourth-order valence-corrected chi connectivity index (χ4v) is 17.2. The molecule has 5 fully saturated rings. The van der Waals surface area contributed by atoms with E-state index in [1.54, 1.807) is 67.6 Å². The highest BCUT2D eigenvalue weighted by atomic mass is 79.9. The van der Waals surface area contributed by atoms with E-state index in [2.05, 4.69) is 252 Å². The van der Waals surface area contributed by atoms with Crippen molar-refractivity contribution >= 4 is 180 Å². The number of aliphatic hydroxyl groups excluding tert-OH is 5. The van der Waals surface area contributed by atoms with Crippen LogP contribution in [0.1, 0.15) is 153 Å². The van der Waals surface area contributed by atoms with Crippen LogP contribution in [0.5, 0.6) is 0 Å². The largest absolute Gasteiger partial charge is 0.414 e. The molecule has 17 N–H and O–H groups in total. The highest BCUT2D eigenvalue weighted by molar-refractivity contribution is 9.09. The standard InChI is InChI=1S/C19H30ClN5O3Si.C19H31N5O4Si.C16H26ClN5O3Si.C13H17N5O4.C10H12ClN5O3.C6H15ClSi.C3H5Br.C3H5NO/c1-7-8-26-12-9-14(28-13(12)10-27-29(5,6)19(2,3)4)25-11-22-15-16(20)23-18(21)24-17(15)25;1-7-8-26-12-9-14(28-13(12)10-27-29(5,6)19(2,3)4)24-11-21-15-16(24)22-18(20)23-17(15)25;1-16(2,3)26(4,5)24-7-10-9(23)6-11(25-10)22-8-19-12-13(17)20-15(18)21-14(12)22;1-2-3-21-7-4-9(22-8(7)5-19)18-6-15-10-11(18)16-13(14)17-12(10)20;11-8-7-9(15-10(12)14-8)16(3-13-7)6-1-4(18)5(2-17)19-6;1-6(2,3)8(4,5)7;1-2-3-4;4-2-1-3-5/h7,11-14H,1,8-10H2,2-6H3,(H2,21,23,24);7,11-14H,1,8-10H2,2-6H3,(H3,20,22,23,25);8-11,23H,6-7H2,1-5H3,(H2,18,20,21);2,6-9,19H,1,3-5H2,(H3,14,16,17,20);3-6,17-18H,1-2H2,(H2,12,14,15);1-5H3;2H,1,3H2;5H,1,3H2/t2*12?,13-,14-;9?,10-,11-;7?,8-,9-;4?,5-,6-;;;/m11111.../s1. The van der Waals surface area contributed by atoms with Gasteiger partial charge in [-0.25, -0.2) is 24.9 Å². The summed E-state index contributed by atoms with van der Waals surface area (Å²) in [6, 6.07) is 1.77. The predicted octanol–water partition coefficient (Wildman–Crippen LogP) is 13.2. The van der Waals surface area contributed by atoms with Crippen LogP contribution in [-0.2, 0) is 51.2 Å². The number of hydrogen-bond acceptors (Lipinski definition) is 37. The average Bonchev–Trinajstić information content (AvgIpc) is 1.64. The molecule has 0 bridgehead atoms. The molecule has 10 aromatic rings. The van der Waals surface area contributed by atoms with Crippen LogP contribution >= 0.6 is 61.8 Å². The first kappa shape index (κ1) is 119. The molecule has 44 nitrogen and oxygen atoms in total. The number of nitriles is 1. The lowest BCUT2D eigenvalue weighted by Crippen LogP contribution is -2.44. The Hall–Kier alpha value is -8.33.